The average Bonchev–Trinajstić information content (AvgIpc) is 2.92. The molecule has 24 heavy (non-hydrogen) atoms. The summed E-state index contributed by atoms with van der Waals surface area (Å²) in [6, 6.07) is 5.89. The molecule has 9 heteroatoms. The van der Waals surface area contributed by atoms with E-state index in [1.165, 1.54) is 37.5 Å². The van der Waals surface area contributed by atoms with Crippen molar-refractivity contribution < 1.29 is 19.2 Å². The highest BCUT2D eigenvalue weighted by atomic mass is 32.1. The number of nitro benzene ring substituents is 1. The van der Waals surface area contributed by atoms with Gasteiger partial charge in [-0.1, -0.05) is 23.5 Å². The molecule has 0 aliphatic heterocycles. The third-order valence-electron chi connectivity index (χ3n) is 2.91. The first-order chi connectivity index (χ1) is 11.4. The van der Waals surface area contributed by atoms with Crippen LogP contribution in [0.25, 0.3) is 6.08 Å². The number of anilines is 1. The fourth-order valence-electron chi connectivity index (χ4n) is 1.79. The standard InChI is InChI=1S/C15H13N3O5S/c1-9-13(14(20)23-2)24-15(16-9)17-12(19)7-6-10-4-3-5-11(8-10)18(21)22/h3-8H,1-2H3,(H,16,17,19). The number of ether oxygens (including phenoxy) is 1. The zero-order valence-corrected chi connectivity index (χ0v) is 13.6. The molecule has 1 heterocycles. The molecule has 0 aliphatic rings. The monoisotopic (exact) mass is 347 g/mol. The van der Waals surface area contributed by atoms with E-state index in [0.717, 1.165) is 11.3 Å². The Balaban J connectivity index is 2.07. The predicted octanol–water partition coefficient (Wildman–Crippen LogP) is 2.80. The lowest BCUT2D eigenvalue weighted by Crippen LogP contribution is -2.07. The number of esters is 1. The Kier molecular flexibility index (Phi) is 5.38. The van der Waals surface area contributed by atoms with Gasteiger partial charge in [-0.15, -0.1) is 0 Å². The van der Waals surface area contributed by atoms with Gasteiger partial charge in [0.15, 0.2) is 5.13 Å². The summed E-state index contributed by atoms with van der Waals surface area (Å²) in [5.41, 5.74) is 0.922. The molecule has 0 atom stereocenters. The maximum Gasteiger partial charge on any atom is 0.350 e. The molecule has 2 rings (SSSR count). The van der Waals surface area contributed by atoms with Crippen LogP contribution < -0.4 is 5.32 Å². The van der Waals surface area contributed by atoms with Gasteiger partial charge in [0, 0.05) is 18.2 Å². The van der Waals surface area contributed by atoms with Gasteiger partial charge in [0.1, 0.15) is 4.88 Å². The largest absolute Gasteiger partial charge is 0.465 e. The van der Waals surface area contributed by atoms with Crippen LogP contribution in [0.3, 0.4) is 0 Å². The Morgan fingerprint density at radius 3 is 2.83 bits per heavy atom. The van der Waals surface area contributed by atoms with Crippen LogP contribution in [-0.2, 0) is 9.53 Å². The van der Waals surface area contributed by atoms with Crippen molar-refractivity contribution in [2.75, 3.05) is 12.4 Å². The van der Waals surface area contributed by atoms with Gasteiger partial charge in [-0.3, -0.25) is 20.2 Å². The van der Waals surface area contributed by atoms with Crippen LogP contribution in [0.4, 0.5) is 10.8 Å². The Hall–Kier alpha value is -3.07. The van der Waals surface area contributed by atoms with Crippen molar-refractivity contribution in [3.05, 3.63) is 56.6 Å². The number of benzene rings is 1. The van der Waals surface area contributed by atoms with E-state index in [4.69, 9.17) is 0 Å². The number of methoxy groups -OCH3 is 1. The first kappa shape index (κ1) is 17.3. The molecule has 1 aromatic carbocycles. The quantitative estimate of drug-likeness (QED) is 0.385. The number of nitro groups is 1. The Morgan fingerprint density at radius 1 is 1.42 bits per heavy atom. The van der Waals surface area contributed by atoms with Crippen LogP contribution in [0.2, 0.25) is 0 Å². The Morgan fingerprint density at radius 2 is 2.17 bits per heavy atom. The highest BCUT2D eigenvalue weighted by Crippen LogP contribution is 2.23. The summed E-state index contributed by atoms with van der Waals surface area (Å²) in [7, 11) is 1.27. The van der Waals surface area contributed by atoms with E-state index in [1.54, 1.807) is 13.0 Å². The highest BCUT2D eigenvalue weighted by Gasteiger charge is 2.16. The van der Waals surface area contributed by atoms with Gasteiger partial charge in [-0.2, -0.15) is 0 Å². The molecule has 1 N–H and O–H groups in total. The van der Waals surface area contributed by atoms with E-state index in [-0.39, 0.29) is 10.8 Å². The molecule has 0 unspecified atom stereocenters. The molecule has 0 saturated heterocycles. The normalized spacial score (nSPS) is 10.6. The summed E-state index contributed by atoms with van der Waals surface area (Å²) in [6.07, 6.45) is 2.68. The van der Waals surface area contributed by atoms with Crippen molar-refractivity contribution in [3.63, 3.8) is 0 Å². The summed E-state index contributed by atoms with van der Waals surface area (Å²) < 4.78 is 4.62. The van der Waals surface area contributed by atoms with Crippen molar-refractivity contribution in [2.24, 2.45) is 0 Å². The third-order valence-corrected chi connectivity index (χ3v) is 3.96. The number of hydrogen-bond donors (Lipinski definition) is 1. The molecule has 1 amide bonds. The molecule has 0 bridgehead atoms. The van der Waals surface area contributed by atoms with Crippen LogP contribution in [0.15, 0.2) is 30.3 Å². The van der Waals surface area contributed by atoms with Crippen molar-refractivity contribution in [2.45, 2.75) is 6.92 Å². The zero-order valence-electron chi connectivity index (χ0n) is 12.8. The number of amides is 1. The molecular weight excluding hydrogens is 334 g/mol. The van der Waals surface area contributed by atoms with E-state index in [2.05, 4.69) is 15.0 Å². The SMILES string of the molecule is COC(=O)c1sc(NC(=O)C=Cc2cccc([N+](=O)[O-])c2)nc1C. The first-order valence-electron chi connectivity index (χ1n) is 6.70. The Bertz CT molecular complexity index is 828. The van der Waals surface area contributed by atoms with Gasteiger partial charge in [0.2, 0.25) is 5.91 Å². The fraction of sp³-hybridized carbons (Fsp3) is 0.133. The summed E-state index contributed by atoms with van der Waals surface area (Å²) in [6.45, 7) is 1.64. The lowest BCUT2D eigenvalue weighted by atomic mass is 10.2. The van der Waals surface area contributed by atoms with Crippen LogP contribution >= 0.6 is 11.3 Å². The highest BCUT2D eigenvalue weighted by molar-refractivity contribution is 7.17. The number of thiazole rings is 1. The van der Waals surface area contributed by atoms with Gasteiger partial charge < -0.3 is 4.74 Å². The van der Waals surface area contributed by atoms with Crippen LogP contribution in [0.1, 0.15) is 20.9 Å². The number of aryl methyl sites for hydroxylation is 1. The second kappa shape index (κ2) is 7.47. The second-order valence-electron chi connectivity index (χ2n) is 4.60. The first-order valence-corrected chi connectivity index (χ1v) is 7.51. The molecule has 124 valence electrons. The number of aromatic nitrogens is 1. The summed E-state index contributed by atoms with van der Waals surface area (Å²) >= 11 is 1.01. The van der Waals surface area contributed by atoms with Gasteiger partial charge >= 0.3 is 5.97 Å². The fourth-order valence-corrected chi connectivity index (χ4v) is 2.68. The van der Waals surface area contributed by atoms with Gasteiger partial charge in [-0.25, -0.2) is 9.78 Å². The van der Waals surface area contributed by atoms with Crippen molar-refractivity contribution >= 4 is 40.1 Å². The number of non-ortho nitro benzene ring substituents is 1. The van der Waals surface area contributed by atoms with Crippen LogP contribution in [-0.4, -0.2) is 28.9 Å². The maximum atomic E-state index is 11.9. The number of rotatable bonds is 5. The van der Waals surface area contributed by atoms with E-state index in [9.17, 15) is 19.7 Å². The van der Waals surface area contributed by atoms with E-state index >= 15 is 0 Å². The topological polar surface area (TPSA) is 111 Å². The van der Waals surface area contributed by atoms with E-state index in [0.29, 0.717) is 16.1 Å². The van der Waals surface area contributed by atoms with Gasteiger partial charge in [0.25, 0.3) is 5.69 Å². The molecule has 0 radical (unpaired) electrons. The number of nitrogens with zero attached hydrogens (tertiary/aromatic N) is 2. The molecular formula is C15H13N3O5S. The van der Waals surface area contributed by atoms with E-state index < -0.39 is 16.8 Å². The zero-order chi connectivity index (χ0) is 17.7. The van der Waals surface area contributed by atoms with E-state index in [1.807, 2.05) is 0 Å². The lowest BCUT2D eigenvalue weighted by Gasteiger charge is -1.96. The molecule has 1 aromatic heterocycles. The molecule has 2 aromatic rings. The molecule has 0 spiro atoms. The minimum Gasteiger partial charge on any atom is -0.465 e. The third kappa shape index (κ3) is 4.23. The predicted molar refractivity (Wildman–Crippen MR) is 89.0 cm³/mol. The second-order valence-corrected chi connectivity index (χ2v) is 5.60. The van der Waals surface area contributed by atoms with Gasteiger partial charge in [0.05, 0.1) is 17.7 Å². The van der Waals surface area contributed by atoms with Crippen molar-refractivity contribution in [1.29, 1.82) is 0 Å². The van der Waals surface area contributed by atoms with Gasteiger partial charge in [-0.05, 0) is 18.6 Å². The average molecular weight is 347 g/mol. The number of hydrogen-bond acceptors (Lipinski definition) is 7. The smallest absolute Gasteiger partial charge is 0.350 e. The lowest BCUT2D eigenvalue weighted by molar-refractivity contribution is -0.384. The maximum absolute atomic E-state index is 11.9. The molecule has 0 fully saturated rings. The minimum absolute atomic E-state index is 0.0594. The molecule has 8 nitrogen and oxygen atoms in total. The van der Waals surface area contributed by atoms with Crippen molar-refractivity contribution in [1.82, 2.24) is 4.98 Å². The summed E-state index contributed by atoms with van der Waals surface area (Å²) in [5, 5.41) is 13.5. The van der Waals surface area contributed by atoms with Crippen LogP contribution in [0, 0.1) is 17.0 Å². The summed E-state index contributed by atoms with van der Waals surface area (Å²) in [5.74, 6) is -0.982. The molecule has 0 saturated carbocycles. The number of carbonyl (C=O) groups excluding carboxylic acids is 2. The number of nitrogens with one attached hydrogen (secondary N) is 1. The number of carbonyl (C=O) groups is 2. The van der Waals surface area contributed by atoms with Crippen LogP contribution in [0.5, 0.6) is 0 Å². The Labute approximate surface area is 140 Å². The molecule has 0 aliphatic carbocycles. The minimum atomic E-state index is -0.516. The summed E-state index contributed by atoms with van der Waals surface area (Å²) in [4.78, 5) is 38.0. The van der Waals surface area contributed by atoms with Crippen molar-refractivity contribution in [3.8, 4) is 0 Å².